The molecule has 1 saturated carbocycles. The molecule has 1 aliphatic carbocycles. The van der Waals surface area contributed by atoms with E-state index in [1.807, 2.05) is 13.8 Å². The number of likely N-dealkylation sites (tertiary alicyclic amines) is 1. The van der Waals surface area contributed by atoms with E-state index >= 15 is 0 Å². The van der Waals surface area contributed by atoms with Gasteiger partial charge < -0.3 is 4.90 Å². The van der Waals surface area contributed by atoms with Gasteiger partial charge in [0, 0.05) is 13.1 Å². The molecule has 1 saturated heterocycles. The lowest BCUT2D eigenvalue weighted by Gasteiger charge is -2.49. The van der Waals surface area contributed by atoms with Crippen molar-refractivity contribution in [3.05, 3.63) is 0 Å². The summed E-state index contributed by atoms with van der Waals surface area (Å²) >= 11 is 0. The van der Waals surface area contributed by atoms with Crippen molar-refractivity contribution in [2.24, 2.45) is 11.3 Å². The maximum Gasteiger partial charge on any atom is 0.00500 e. The average Bonchev–Trinajstić information content (AvgIpc) is 2.37. The normalized spacial score (nSPS) is 32.5. The SMILES string of the molecule is CC.CC1CCCC12CN(C)C2. The highest BCUT2D eigenvalue weighted by atomic mass is 15.2. The Morgan fingerprint density at radius 3 is 2.17 bits per heavy atom. The fourth-order valence-corrected chi connectivity index (χ4v) is 2.81. The van der Waals surface area contributed by atoms with Crippen LogP contribution in [0.2, 0.25) is 0 Å². The van der Waals surface area contributed by atoms with Gasteiger partial charge in [-0.25, -0.2) is 0 Å². The van der Waals surface area contributed by atoms with Crippen LogP contribution in [0.3, 0.4) is 0 Å². The largest absolute Gasteiger partial charge is 0.305 e. The van der Waals surface area contributed by atoms with Gasteiger partial charge in [0.2, 0.25) is 0 Å². The van der Waals surface area contributed by atoms with Gasteiger partial charge >= 0.3 is 0 Å². The first-order chi connectivity index (χ1) is 5.73. The molecule has 0 bridgehead atoms. The van der Waals surface area contributed by atoms with E-state index in [9.17, 15) is 0 Å². The Hall–Kier alpha value is -0.0400. The zero-order chi connectivity index (χ0) is 9.19. The second kappa shape index (κ2) is 3.78. The summed E-state index contributed by atoms with van der Waals surface area (Å²) in [5, 5.41) is 0. The van der Waals surface area contributed by atoms with Gasteiger partial charge in [0.15, 0.2) is 0 Å². The van der Waals surface area contributed by atoms with Crippen molar-refractivity contribution in [2.75, 3.05) is 20.1 Å². The Morgan fingerprint density at radius 1 is 1.25 bits per heavy atom. The molecule has 1 heteroatoms. The highest BCUT2D eigenvalue weighted by Gasteiger charge is 2.47. The molecular weight excluding hydrogens is 146 g/mol. The molecule has 1 heterocycles. The first-order valence-corrected chi connectivity index (χ1v) is 5.41. The number of hydrogen-bond acceptors (Lipinski definition) is 1. The Labute approximate surface area is 77.1 Å². The molecule has 12 heavy (non-hydrogen) atoms. The number of rotatable bonds is 0. The standard InChI is InChI=1S/C9H17N.C2H6/c1-8-4-3-5-9(8)6-10(2)7-9;1-2/h8H,3-7H2,1-2H3;1-2H3. The van der Waals surface area contributed by atoms with Crippen LogP contribution in [0.25, 0.3) is 0 Å². The van der Waals surface area contributed by atoms with E-state index in [-0.39, 0.29) is 0 Å². The first kappa shape index (κ1) is 10.0. The fourth-order valence-electron chi connectivity index (χ4n) is 2.81. The van der Waals surface area contributed by atoms with Gasteiger partial charge in [-0.1, -0.05) is 33.6 Å². The third kappa shape index (κ3) is 1.52. The molecule has 1 aliphatic heterocycles. The van der Waals surface area contributed by atoms with Crippen molar-refractivity contribution in [3.63, 3.8) is 0 Å². The second-order valence-corrected chi connectivity index (χ2v) is 4.33. The molecule has 2 aliphatic rings. The zero-order valence-corrected chi connectivity index (χ0v) is 9.06. The first-order valence-electron chi connectivity index (χ1n) is 5.41. The summed E-state index contributed by atoms with van der Waals surface area (Å²) in [6.45, 7) is 9.17. The average molecular weight is 169 g/mol. The van der Waals surface area contributed by atoms with E-state index in [0.29, 0.717) is 0 Å². The van der Waals surface area contributed by atoms with Crippen LogP contribution >= 0.6 is 0 Å². The Balaban J connectivity index is 0.000000336. The van der Waals surface area contributed by atoms with Crippen molar-refractivity contribution >= 4 is 0 Å². The van der Waals surface area contributed by atoms with Gasteiger partial charge in [0.1, 0.15) is 0 Å². The molecule has 72 valence electrons. The van der Waals surface area contributed by atoms with E-state index in [2.05, 4.69) is 18.9 Å². The molecule has 1 spiro atoms. The summed E-state index contributed by atoms with van der Waals surface area (Å²) in [6, 6.07) is 0. The fraction of sp³-hybridized carbons (Fsp3) is 1.00. The minimum absolute atomic E-state index is 0.773. The lowest BCUT2D eigenvalue weighted by molar-refractivity contribution is -0.00516. The van der Waals surface area contributed by atoms with Crippen LogP contribution in [0.1, 0.15) is 40.0 Å². The van der Waals surface area contributed by atoms with Crippen LogP contribution in [-0.4, -0.2) is 25.0 Å². The van der Waals surface area contributed by atoms with Gasteiger partial charge in [-0.2, -0.15) is 0 Å². The summed E-state index contributed by atoms with van der Waals surface area (Å²) in [7, 11) is 2.23. The lowest BCUT2D eigenvalue weighted by atomic mass is 9.72. The minimum Gasteiger partial charge on any atom is -0.305 e. The van der Waals surface area contributed by atoms with Gasteiger partial charge in [0.25, 0.3) is 0 Å². The number of hydrogen-bond donors (Lipinski definition) is 0. The van der Waals surface area contributed by atoms with Crippen LogP contribution in [0.15, 0.2) is 0 Å². The van der Waals surface area contributed by atoms with E-state index in [1.165, 1.54) is 32.4 Å². The molecular formula is C11H23N. The zero-order valence-electron chi connectivity index (χ0n) is 9.06. The molecule has 0 N–H and O–H groups in total. The van der Waals surface area contributed by atoms with Gasteiger partial charge in [-0.15, -0.1) is 0 Å². The van der Waals surface area contributed by atoms with Crippen LogP contribution in [-0.2, 0) is 0 Å². The quantitative estimate of drug-likeness (QED) is 0.539. The van der Waals surface area contributed by atoms with Gasteiger partial charge in [0.05, 0.1) is 0 Å². The van der Waals surface area contributed by atoms with Crippen LogP contribution in [0.4, 0.5) is 0 Å². The smallest absolute Gasteiger partial charge is 0.00500 e. The summed E-state index contributed by atoms with van der Waals surface area (Å²) in [5.74, 6) is 1.00. The van der Waals surface area contributed by atoms with Crippen molar-refractivity contribution in [1.82, 2.24) is 4.90 Å². The van der Waals surface area contributed by atoms with Gasteiger partial charge in [-0.05, 0) is 24.8 Å². The molecule has 0 radical (unpaired) electrons. The second-order valence-electron chi connectivity index (χ2n) is 4.33. The molecule has 2 rings (SSSR count). The summed E-state index contributed by atoms with van der Waals surface area (Å²) in [4.78, 5) is 2.45. The van der Waals surface area contributed by atoms with Crippen LogP contribution in [0.5, 0.6) is 0 Å². The van der Waals surface area contributed by atoms with Crippen molar-refractivity contribution in [1.29, 1.82) is 0 Å². The van der Waals surface area contributed by atoms with E-state index in [1.54, 1.807) is 0 Å². The molecule has 0 aromatic carbocycles. The van der Waals surface area contributed by atoms with Crippen molar-refractivity contribution < 1.29 is 0 Å². The maximum absolute atomic E-state index is 2.45. The Kier molecular flexibility index (Phi) is 3.16. The third-order valence-electron chi connectivity index (χ3n) is 3.53. The topological polar surface area (TPSA) is 3.24 Å². The predicted octanol–water partition coefficient (Wildman–Crippen LogP) is 2.76. The van der Waals surface area contributed by atoms with Crippen molar-refractivity contribution in [3.8, 4) is 0 Å². The molecule has 0 aromatic heterocycles. The van der Waals surface area contributed by atoms with Crippen LogP contribution in [0, 0.1) is 11.3 Å². The van der Waals surface area contributed by atoms with E-state index in [0.717, 1.165) is 11.3 Å². The maximum atomic E-state index is 2.45. The Bertz CT molecular complexity index is 136. The highest BCUT2D eigenvalue weighted by Crippen LogP contribution is 2.48. The number of nitrogens with zero attached hydrogens (tertiary/aromatic N) is 1. The molecule has 1 atom stereocenters. The monoisotopic (exact) mass is 169 g/mol. The molecule has 0 amide bonds. The van der Waals surface area contributed by atoms with Crippen molar-refractivity contribution in [2.45, 2.75) is 40.0 Å². The molecule has 0 aromatic rings. The van der Waals surface area contributed by atoms with E-state index in [4.69, 9.17) is 0 Å². The predicted molar refractivity (Wildman–Crippen MR) is 54.3 cm³/mol. The third-order valence-corrected chi connectivity index (χ3v) is 3.53. The van der Waals surface area contributed by atoms with E-state index < -0.39 is 0 Å². The highest BCUT2D eigenvalue weighted by molar-refractivity contribution is 5.00. The lowest BCUT2D eigenvalue weighted by Crippen LogP contribution is -2.55. The molecule has 1 unspecified atom stereocenters. The van der Waals surface area contributed by atoms with Gasteiger partial charge in [-0.3, -0.25) is 0 Å². The minimum atomic E-state index is 0.773. The summed E-state index contributed by atoms with van der Waals surface area (Å²) in [5.41, 5.74) is 0.773. The molecule has 1 nitrogen and oxygen atoms in total. The molecule has 2 fully saturated rings. The summed E-state index contributed by atoms with van der Waals surface area (Å²) < 4.78 is 0. The Morgan fingerprint density at radius 2 is 1.83 bits per heavy atom. The van der Waals surface area contributed by atoms with Crippen LogP contribution < -0.4 is 0 Å². The summed E-state index contributed by atoms with van der Waals surface area (Å²) in [6.07, 6.45) is 4.46.